The second kappa shape index (κ2) is 11.0. The van der Waals surface area contributed by atoms with E-state index in [-0.39, 0.29) is 0 Å². The number of nitrogens with zero attached hydrogens (tertiary/aromatic N) is 3. The number of hydrogen-bond acceptors (Lipinski definition) is 2. The molecule has 0 unspecified atom stereocenters. The topological polar surface area (TPSA) is 30.9 Å². The summed E-state index contributed by atoms with van der Waals surface area (Å²) in [5, 5.41) is 3.57. The third-order valence-corrected chi connectivity index (χ3v) is 5.26. The molecular formula is C22H36N4. The van der Waals surface area contributed by atoms with Gasteiger partial charge in [-0.05, 0) is 57.2 Å². The number of rotatable bonds is 8. The molecule has 1 aromatic rings. The Bertz CT molecular complexity index is 556. The predicted molar refractivity (Wildman–Crippen MR) is 113 cm³/mol. The van der Waals surface area contributed by atoms with Crippen LogP contribution in [0.15, 0.2) is 41.9 Å². The molecule has 4 heteroatoms. The van der Waals surface area contributed by atoms with Gasteiger partial charge in [0.05, 0.1) is 0 Å². The lowest BCUT2D eigenvalue weighted by Crippen LogP contribution is -2.43. The lowest BCUT2D eigenvalue weighted by atomic mass is 9.96. The second-order valence-electron chi connectivity index (χ2n) is 7.49. The van der Waals surface area contributed by atoms with Gasteiger partial charge in [-0.1, -0.05) is 35.9 Å². The number of likely N-dealkylation sites (tertiary alicyclic amines) is 1. The summed E-state index contributed by atoms with van der Waals surface area (Å²) in [5.41, 5.74) is 2.76. The van der Waals surface area contributed by atoms with E-state index in [1.165, 1.54) is 37.1 Å². The summed E-state index contributed by atoms with van der Waals surface area (Å²) in [6.45, 7) is 11.4. The van der Waals surface area contributed by atoms with E-state index < -0.39 is 0 Å². The van der Waals surface area contributed by atoms with Crippen molar-refractivity contribution in [2.45, 2.75) is 39.2 Å². The molecule has 26 heavy (non-hydrogen) atoms. The number of unbranched alkanes of at least 4 members (excludes halogenated alkanes) is 1. The summed E-state index contributed by atoms with van der Waals surface area (Å²) in [7, 11) is 3.99. The number of aryl methyl sites for hydroxylation is 1. The summed E-state index contributed by atoms with van der Waals surface area (Å²) in [6, 6.07) is 8.94. The molecule has 0 bridgehead atoms. The molecule has 0 aromatic heterocycles. The van der Waals surface area contributed by atoms with Gasteiger partial charge in [-0.2, -0.15) is 0 Å². The van der Waals surface area contributed by atoms with E-state index in [9.17, 15) is 0 Å². The predicted octanol–water partition coefficient (Wildman–Crippen LogP) is 3.68. The van der Waals surface area contributed by atoms with Gasteiger partial charge in [0.25, 0.3) is 0 Å². The molecule has 1 aliphatic rings. The Hall–Kier alpha value is -1.81. The van der Waals surface area contributed by atoms with Crippen LogP contribution >= 0.6 is 0 Å². The van der Waals surface area contributed by atoms with Crippen molar-refractivity contribution in [3.05, 3.63) is 48.0 Å². The van der Waals surface area contributed by atoms with Crippen LogP contribution < -0.4 is 5.32 Å². The number of hydrogen-bond donors (Lipinski definition) is 1. The monoisotopic (exact) mass is 356 g/mol. The van der Waals surface area contributed by atoms with Crippen LogP contribution in [0.1, 0.15) is 36.8 Å². The van der Waals surface area contributed by atoms with E-state index >= 15 is 0 Å². The molecule has 0 spiro atoms. The van der Waals surface area contributed by atoms with Crippen LogP contribution in [0.3, 0.4) is 0 Å². The highest BCUT2D eigenvalue weighted by atomic mass is 15.3. The molecule has 0 radical (unpaired) electrons. The molecule has 144 valence electrons. The van der Waals surface area contributed by atoms with Crippen LogP contribution in [0.25, 0.3) is 0 Å². The fraction of sp³-hybridized carbons (Fsp3) is 0.591. The van der Waals surface area contributed by atoms with Crippen LogP contribution in [0.4, 0.5) is 0 Å². The van der Waals surface area contributed by atoms with Gasteiger partial charge in [0.2, 0.25) is 0 Å². The molecule has 4 nitrogen and oxygen atoms in total. The van der Waals surface area contributed by atoms with E-state index in [1.54, 1.807) is 0 Å². The number of piperidine rings is 1. The van der Waals surface area contributed by atoms with Crippen LogP contribution in [0.5, 0.6) is 0 Å². The fourth-order valence-corrected chi connectivity index (χ4v) is 3.50. The minimum atomic E-state index is 0.739. The van der Waals surface area contributed by atoms with E-state index in [0.29, 0.717) is 0 Å². The van der Waals surface area contributed by atoms with Gasteiger partial charge in [0, 0.05) is 33.7 Å². The highest BCUT2D eigenvalue weighted by Crippen LogP contribution is 2.18. The first-order valence-electron chi connectivity index (χ1n) is 9.93. The van der Waals surface area contributed by atoms with Crippen molar-refractivity contribution in [2.75, 3.05) is 40.3 Å². The van der Waals surface area contributed by atoms with Crippen LogP contribution in [0.2, 0.25) is 0 Å². The molecule has 1 aliphatic heterocycles. The summed E-state index contributed by atoms with van der Waals surface area (Å²) in [6.07, 6.45) is 6.68. The molecule has 1 saturated heterocycles. The van der Waals surface area contributed by atoms with E-state index in [4.69, 9.17) is 0 Å². The minimum Gasteiger partial charge on any atom is -0.356 e. The quantitative estimate of drug-likeness (QED) is 0.334. The Morgan fingerprint density at radius 1 is 1.31 bits per heavy atom. The average molecular weight is 357 g/mol. The van der Waals surface area contributed by atoms with Crippen LogP contribution in [0, 0.1) is 12.8 Å². The molecule has 1 heterocycles. The first kappa shape index (κ1) is 20.5. The van der Waals surface area contributed by atoms with E-state index in [1.807, 2.05) is 13.1 Å². The summed E-state index contributed by atoms with van der Waals surface area (Å²) in [4.78, 5) is 9.22. The lowest BCUT2D eigenvalue weighted by molar-refractivity contribution is 0.177. The van der Waals surface area contributed by atoms with Crippen molar-refractivity contribution in [2.24, 2.45) is 10.9 Å². The Morgan fingerprint density at radius 2 is 2.00 bits per heavy atom. The highest BCUT2D eigenvalue weighted by Gasteiger charge is 2.19. The number of aliphatic imine (C=N–C) groups is 1. The van der Waals surface area contributed by atoms with Crippen molar-refractivity contribution < 1.29 is 0 Å². The van der Waals surface area contributed by atoms with Crippen molar-refractivity contribution in [3.8, 4) is 0 Å². The zero-order chi connectivity index (χ0) is 18.8. The summed E-state index contributed by atoms with van der Waals surface area (Å²) >= 11 is 0. The number of benzene rings is 1. The Balaban J connectivity index is 1.69. The molecule has 0 atom stereocenters. The molecular weight excluding hydrogens is 320 g/mol. The average Bonchev–Trinajstić information content (AvgIpc) is 2.65. The number of guanidine groups is 1. The zero-order valence-electron chi connectivity index (χ0n) is 16.9. The maximum absolute atomic E-state index is 4.42. The van der Waals surface area contributed by atoms with Gasteiger partial charge in [-0.15, -0.1) is 6.58 Å². The Kier molecular flexibility index (Phi) is 8.69. The molecule has 2 rings (SSSR count). The Morgan fingerprint density at radius 3 is 2.62 bits per heavy atom. The fourth-order valence-electron chi connectivity index (χ4n) is 3.50. The number of nitrogens with one attached hydrogen (secondary N) is 1. The van der Waals surface area contributed by atoms with Gasteiger partial charge in [-0.3, -0.25) is 9.89 Å². The first-order chi connectivity index (χ1) is 12.6. The van der Waals surface area contributed by atoms with Gasteiger partial charge >= 0.3 is 0 Å². The third kappa shape index (κ3) is 6.83. The van der Waals surface area contributed by atoms with Gasteiger partial charge in [0.15, 0.2) is 5.96 Å². The molecule has 0 amide bonds. The van der Waals surface area contributed by atoms with Crippen molar-refractivity contribution >= 4 is 5.96 Å². The van der Waals surface area contributed by atoms with Gasteiger partial charge in [-0.25, -0.2) is 0 Å². The zero-order valence-corrected chi connectivity index (χ0v) is 16.9. The van der Waals surface area contributed by atoms with Crippen LogP contribution in [-0.2, 0) is 6.54 Å². The normalized spacial score (nSPS) is 16.5. The standard InChI is InChI=1S/C22H36N4/c1-5-6-7-14-25(4)22(23-3)24-17-20-12-15-26(16-13-20)18-21-10-8-19(2)9-11-21/h5,8-11,20H,1,6-7,12-18H2,2-4H3,(H,23,24). The van der Waals surface area contributed by atoms with E-state index in [0.717, 1.165) is 44.4 Å². The SMILES string of the molecule is C=CCCCN(C)C(=NC)NCC1CCN(Cc2ccc(C)cc2)CC1. The second-order valence-corrected chi connectivity index (χ2v) is 7.49. The summed E-state index contributed by atoms with van der Waals surface area (Å²) < 4.78 is 0. The molecule has 1 fully saturated rings. The molecule has 1 N–H and O–H groups in total. The smallest absolute Gasteiger partial charge is 0.193 e. The van der Waals surface area contributed by atoms with Gasteiger partial charge in [0.1, 0.15) is 0 Å². The lowest BCUT2D eigenvalue weighted by Gasteiger charge is -2.33. The molecule has 0 saturated carbocycles. The number of allylic oxidation sites excluding steroid dienone is 1. The van der Waals surface area contributed by atoms with Crippen molar-refractivity contribution in [1.82, 2.24) is 15.1 Å². The molecule has 1 aromatic carbocycles. The summed E-state index contributed by atoms with van der Waals surface area (Å²) in [5.74, 6) is 1.75. The third-order valence-electron chi connectivity index (χ3n) is 5.26. The first-order valence-corrected chi connectivity index (χ1v) is 9.93. The highest BCUT2D eigenvalue weighted by molar-refractivity contribution is 5.79. The largest absolute Gasteiger partial charge is 0.356 e. The molecule has 0 aliphatic carbocycles. The van der Waals surface area contributed by atoms with Gasteiger partial charge < -0.3 is 10.2 Å². The maximum Gasteiger partial charge on any atom is 0.193 e. The van der Waals surface area contributed by atoms with E-state index in [2.05, 4.69) is 64.9 Å². The maximum atomic E-state index is 4.42. The van der Waals surface area contributed by atoms with Crippen molar-refractivity contribution in [1.29, 1.82) is 0 Å². The minimum absolute atomic E-state index is 0.739. The Labute approximate surface area is 160 Å². The van der Waals surface area contributed by atoms with Crippen LogP contribution in [-0.4, -0.2) is 56.0 Å². The van der Waals surface area contributed by atoms with Crippen molar-refractivity contribution in [3.63, 3.8) is 0 Å².